The molecule has 1 aromatic rings. The molecule has 0 N–H and O–H groups in total. The van der Waals surface area contributed by atoms with E-state index >= 15 is 0 Å². The van der Waals surface area contributed by atoms with Crippen LogP contribution >= 0.6 is 11.6 Å². The number of hydrogen-bond donors (Lipinski definition) is 0. The maximum Gasteiger partial charge on any atom is 0.254 e. The molecule has 1 amide bonds. The van der Waals surface area contributed by atoms with E-state index in [-0.39, 0.29) is 18.1 Å². The summed E-state index contributed by atoms with van der Waals surface area (Å²) in [4.78, 5) is 14.2. The number of alkyl halides is 1. The van der Waals surface area contributed by atoms with Crippen molar-refractivity contribution in [3.63, 3.8) is 0 Å². The zero-order chi connectivity index (χ0) is 13.1. The van der Waals surface area contributed by atoms with Crippen molar-refractivity contribution in [3.05, 3.63) is 35.4 Å². The molecule has 1 saturated heterocycles. The first-order chi connectivity index (χ1) is 8.60. The summed E-state index contributed by atoms with van der Waals surface area (Å²) < 4.78 is 5.64. The zero-order valence-electron chi connectivity index (χ0n) is 10.7. The number of benzene rings is 1. The van der Waals surface area contributed by atoms with Crippen molar-refractivity contribution < 1.29 is 9.53 Å². The fraction of sp³-hybridized carbons (Fsp3) is 0.500. The lowest BCUT2D eigenvalue weighted by Crippen LogP contribution is -2.49. The van der Waals surface area contributed by atoms with Gasteiger partial charge in [0.1, 0.15) is 0 Å². The molecule has 4 heteroatoms. The highest BCUT2D eigenvalue weighted by molar-refractivity contribution is 6.18. The summed E-state index contributed by atoms with van der Waals surface area (Å²) in [5.41, 5.74) is 1.88. The number of carbonyl (C=O) groups excluding carboxylic acids is 1. The normalized spacial score (nSPS) is 24.1. The first-order valence-corrected chi connectivity index (χ1v) is 6.71. The Labute approximate surface area is 113 Å². The fourth-order valence-corrected chi connectivity index (χ4v) is 2.35. The topological polar surface area (TPSA) is 29.5 Å². The van der Waals surface area contributed by atoms with Crippen LogP contribution < -0.4 is 0 Å². The minimum atomic E-state index is -0.0650. The molecule has 1 aliphatic heterocycles. The highest BCUT2D eigenvalue weighted by atomic mass is 35.5. The highest BCUT2D eigenvalue weighted by Crippen LogP contribution is 2.15. The van der Waals surface area contributed by atoms with E-state index in [4.69, 9.17) is 16.3 Å². The summed E-state index contributed by atoms with van der Waals surface area (Å²) in [6, 6.07) is 7.65. The minimum Gasteiger partial charge on any atom is -0.370 e. The Morgan fingerprint density at radius 2 is 2.06 bits per heavy atom. The number of ether oxygens (including phenoxy) is 1. The minimum absolute atomic E-state index is 0.0388. The van der Waals surface area contributed by atoms with Gasteiger partial charge in [-0.2, -0.15) is 0 Å². The smallest absolute Gasteiger partial charge is 0.254 e. The maximum absolute atomic E-state index is 12.3. The highest BCUT2D eigenvalue weighted by Gasteiger charge is 2.28. The van der Waals surface area contributed by atoms with E-state index in [1.807, 2.05) is 43.0 Å². The number of rotatable bonds is 2. The molecule has 2 rings (SSSR count). The summed E-state index contributed by atoms with van der Waals surface area (Å²) in [7, 11) is 0. The monoisotopic (exact) mass is 267 g/mol. The van der Waals surface area contributed by atoms with E-state index in [1.54, 1.807) is 0 Å². The Morgan fingerprint density at radius 1 is 1.39 bits per heavy atom. The third-order valence-corrected chi connectivity index (χ3v) is 3.43. The van der Waals surface area contributed by atoms with Gasteiger partial charge in [0.25, 0.3) is 5.91 Å². The van der Waals surface area contributed by atoms with Crippen LogP contribution in [-0.2, 0) is 4.74 Å². The van der Waals surface area contributed by atoms with Crippen LogP contribution in [0.25, 0.3) is 0 Å². The van der Waals surface area contributed by atoms with Crippen molar-refractivity contribution in [3.8, 4) is 0 Å². The number of amides is 1. The molecule has 1 heterocycles. The second-order valence-corrected chi connectivity index (χ2v) is 5.11. The molecule has 0 aromatic heterocycles. The SMILES string of the molecule is Cc1ccc(C(=O)N2CC(C)OC(CCl)C2)cc1. The van der Waals surface area contributed by atoms with Gasteiger partial charge in [0.2, 0.25) is 0 Å². The van der Waals surface area contributed by atoms with E-state index in [9.17, 15) is 4.79 Å². The molecule has 2 unspecified atom stereocenters. The summed E-state index contributed by atoms with van der Waals surface area (Å²) in [6.45, 7) is 5.17. The molecule has 0 spiro atoms. The number of nitrogens with zero attached hydrogens (tertiary/aromatic N) is 1. The Morgan fingerprint density at radius 3 is 2.67 bits per heavy atom. The summed E-state index contributed by atoms with van der Waals surface area (Å²) in [5.74, 6) is 0.474. The Kier molecular flexibility index (Phi) is 4.25. The zero-order valence-corrected chi connectivity index (χ0v) is 11.5. The first-order valence-electron chi connectivity index (χ1n) is 6.17. The maximum atomic E-state index is 12.3. The molecule has 0 radical (unpaired) electrons. The van der Waals surface area contributed by atoms with Crippen LogP contribution in [0.3, 0.4) is 0 Å². The van der Waals surface area contributed by atoms with Crippen molar-refractivity contribution >= 4 is 17.5 Å². The average Bonchev–Trinajstić information content (AvgIpc) is 2.38. The van der Waals surface area contributed by atoms with E-state index in [1.165, 1.54) is 0 Å². The third-order valence-electron chi connectivity index (χ3n) is 3.08. The standard InChI is InChI=1S/C14H18ClNO2/c1-10-3-5-12(6-4-10)14(17)16-8-11(2)18-13(7-15)9-16/h3-6,11,13H,7-9H2,1-2H3. The van der Waals surface area contributed by atoms with Crippen LogP contribution in [0.5, 0.6) is 0 Å². The predicted octanol–water partition coefficient (Wildman–Crippen LogP) is 2.46. The molecule has 0 saturated carbocycles. The van der Waals surface area contributed by atoms with Crippen molar-refractivity contribution in [2.24, 2.45) is 0 Å². The molecule has 0 aliphatic carbocycles. The number of halogens is 1. The van der Waals surface area contributed by atoms with Gasteiger partial charge in [0.05, 0.1) is 18.1 Å². The average molecular weight is 268 g/mol. The van der Waals surface area contributed by atoms with Crippen molar-refractivity contribution in [2.75, 3.05) is 19.0 Å². The van der Waals surface area contributed by atoms with Gasteiger partial charge >= 0.3 is 0 Å². The molecule has 1 aliphatic rings. The summed E-state index contributed by atoms with van der Waals surface area (Å²) in [6.07, 6.45) is -0.0262. The van der Waals surface area contributed by atoms with E-state index in [0.29, 0.717) is 19.0 Å². The number of aryl methyl sites for hydroxylation is 1. The van der Waals surface area contributed by atoms with Gasteiger partial charge in [0, 0.05) is 18.7 Å². The van der Waals surface area contributed by atoms with Gasteiger partial charge in [-0.05, 0) is 26.0 Å². The molecule has 98 valence electrons. The molecule has 2 atom stereocenters. The lowest BCUT2D eigenvalue weighted by Gasteiger charge is -2.36. The fourth-order valence-electron chi connectivity index (χ4n) is 2.18. The molecule has 3 nitrogen and oxygen atoms in total. The Balaban J connectivity index is 2.10. The summed E-state index contributed by atoms with van der Waals surface area (Å²) >= 11 is 5.82. The quantitative estimate of drug-likeness (QED) is 0.771. The molecule has 0 bridgehead atoms. The van der Waals surface area contributed by atoms with Gasteiger partial charge in [0.15, 0.2) is 0 Å². The van der Waals surface area contributed by atoms with Crippen LogP contribution in [0.15, 0.2) is 24.3 Å². The van der Waals surface area contributed by atoms with Crippen LogP contribution in [0.4, 0.5) is 0 Å². The lowest BCUT2D eigenvalue weighted by molar-refractivity contribution is -0.0570. The van der Waals surface area contributed by atoms with E-state index < -0.39 is 0 Å². The molecule has 18 heavy (non-hydrogen) atoms. The van der Waals surface area contributed by atoms with Gasteiger partial charge in [-0.3, -0.25) is 4.79 Å². The molecular weight excluding hydrogens is 250 g/mol. The van der Waals surface area contributed by atoms with Crippen molar-refractivity contribution in [1.29, 1.82) is 0 Å². The third kappa shape index (κ3) is 3.03. The second-order valence-electron chi connectivity index (χ2n) is 4.80. The van der Waals surface area contributed by atoms with E-state index in [2.05, 4.69) is 0 Å². The number of hydrogen-bond acceptors (Lipinski definition) is 2. The van der Waals surface area contributed by atoms with Crippen molar-refractivity contribution in [2.45, 2.75) is 26.1 Å². The van der Waals surface area contributed by atoms with Gasteiger partial charge in [-0.25, -0.2) is 0 Å². The number of morpholine rings is 1. The molecule has 1 aromatic carbocycles. The van der Waals surface area contributed by atoms with Crippen LogP contribution in [0.1, 0.15) is 22.8 Å². The molecular formula is C14H18ClNO2. The molecule has 1 fully saturated rings. The Hall–Kier alpha value is -1.06. The van der Waals surface area contributed by atoms with Gasteiger partial charge in [-0.1, -0.05) is 17.7 Å². The second kappa shape index (κ2) is 5.72. The van der Waals surface area contributed by atoms with Crippen LogP contribution in [-0.4, -0.2) is 42.0 Å². The van der Waals surface area contributed by atoms with Crippen LogP contribution in [0, 0.1) is 6.92 Å². The number of carbonyl (C=O) groups is 1. The lowest BCUT2D eigenvalue weighted by atomic mass is 10.1. The van der Waals surface area contributed by atoms with Crippen LogP contribution in [0.2, 0.25) is 0 Å². The first kappa shape index (κ1) is 13.4. The Bertz CT molecular complexity index is 418. The van der Waals surface area contributed by atoms with E-state index in [0.717, 1.165) is 11.1 Å². The van der Waals surface area contributed by atoms with Crippen molar-refractivity contribution in [1.82, 2.24) is 4.90 Å². The van der Waals surface area contributed by atoms with Gasteiger partial charge < -0.3 is 9.64 Å². The predicted molar refractivity (Wildman–Crippen MR) is 72.1 cm³/mol. The summed E-state index contributed by atoms with van der Waals surface area (Å²) in [5, 5.41) is 0. The van der Waals surface area contributed by atoms with Gasteiger partial charge in [-0.15, -0.1) is 11.6 Å². The largest absolute Gasteiger partial charge is 0.370 e.